The Bertz CT molecular complexity index is 1030. The van der Waals surface area contributed by atoms with Crippen LogP contribution in [0.25, 0.3) is 0 Å². The lowest BCUT2D eigenvalue weighted by Gasteiger charge is -2.37. The fraction of sp³-hybridized carbons (Fsp3) is 0.435. The molecule has 168 valence electrons. The maximum Gasteiger partial charge on any atom is 0.243 e. The quantitative estimate of drug-likeness (QED) is 0.656. The summed E-state index contributed by atoms with van der Waals surface area (Å²) in [5.74, 6) is 0.371. The van der Waals surface area contributed by atoms with Crippen molar-refractivity contribution in [3.05, 3.63) is 53.6 Å². The van der Waals surface area contributed by atoms with Gasteiger partial charge in [0.2, 0.25) is 15.9 Å². The number of benzene rings is 2. The maximum absolute atomic E-state index is 13.0. The SMILES string of the molecule is CCOc1cccc(N(CC(=O)N2CCN(c3cccc(C)c3C)CC2)S(C)(=O)=O)c1. The number of amides is 1. The van der Waals surface area contributed by atoms with Crippen LogP contribution in [0, 0.1) is 13.8 Å². The number of carbonyl (C=O) groups excluding carboxylic acids is 1. The molecule has 1 aliphatic heterocycles. The normalized spacial score (nSPS) is 14.5. The maximum atomic E-state index is 13.0. The molecule has 3 rings (SSSR count). The zero-order chi connectivity index (χ0) is 22.6. The lowest BCUT2D eigenvalue weighted by molar-refractivity contribution is -0.129. The molecule has 1 amide bonds. The van der Waals surface area contributed by atoms with E-state index in [1.165, 1.54) is 16.8 Å². The van der Waals surface area contributed by atoms with Crippen LogP contribution in [0.1, 0.15) is 18.1 Å². The van der Waals surface area contributed by atoms with Crippen molar-refractivity contribution in [1.29, 1.82) is 0 Å². The fourth-order valence-electron chi connectivity index (χ4n) is 3.79. The van der Waals surface area contributed by atoms with Gasteiger partial charge in [-0.2, -0.15) is 0 Å². The van der Waals surface area contributed by atoms with Crippen LogP contribution in [0.5, 0.6) is 5.75 Å². The van der Waals surface area contributed by atoms with Crippen LogP contribution in [0.3, 0.4) is 0 Å². The van der Waals surface area contributed by atoms with E-state index in [4.69, 9.17) is 4.74 Å². The highest BCUT2D eigenvalue weighted by Crippen LogP contribution is 2.25. The molecule has 1 heterocycles. The van der Waals surface area contributed by atoms with Gasteiger partial charge in [0.15, 0.2) is 0 Å². The minimum Gasteiger partial charge on any atom is -0.494 e. The summed E-state index contributed by atoms with van der Waals surface area (Å²) in [5.41, 5.74) is 4.11. The van der Waals surface area contributed by atoms with E-state index in [-0.39, 0.29) is 12.5 Å². The lowest BCUT2D eigenvalue weighted by Crippen LogP contribution is -2.52. The summed E-state index contributed by atoms with van der Waals surface area (Å²) >= 11 is 0. The van der Waals surface area contributed by atoms with Crippen molar-refractivity contribution < 1.29 is 17.9 Å². The Balaban J connectivity index is 1.69. The van der Waals surface area contributed by atoms with Gasteiger partial charge in [0.05, 0.1) is 18.6 Å². The van der Waals surface area contributed by atoms with Crippen molar-refractivity contribution in [2.75, 3.05) is 54.8 Å². The molecule has 1 saturated heterocycles. The molecule has 7 nitrogen and oxygen atoms in total. The number of rotatable bonds is 7. The Kier molecular flexibility index (Phi) is 7.10. The standard InChI is InChI=1S/C23H31N3O4S/c1-5-30-21-10-7-9-20(16-21)26(31(4,28)29)17-23(27)25-14-12-24(13-15-25)22-11-6-8-18(2)19(22)3/h6-11,16H,5,12-15,17H2,1-4H3. The zero-order valence-corrected chi connectivity index (χ0v) is 19.5. The average molecular weight is 446 g/mol. The molecule has 2 aromatic rings. The summed E-state index contributed by atoms with van der Waals surface area (Å²) in [6.07, 6.45) is 1.12. The molecule has 0 bridgehead atoms. The van der Waals surface area contributed by atoms with E-state index in [0.29, 0.717) is 44.2 Å². The van der Waals surface area contributed by atoms with Crippen molar-refractivity contribution in [2.45, 2.75) is 20.8 Å². The molecule has 0 spiro atoms. The number of carbonyl (C=O) groups is 1. The molecule has 0 atom stereocenters. The minimum atomic E-state index is -3.63. The molecular weight excluding hydrogens is 414 g/mol. The molecule has 0 saturated carbocycles. The van der Waals surface area contributed by atoms with E-state index in [1.54, 1.807) is 29.2 Å². The molecular formula is C23H31N3O4S. The third kappa shape index (κ3) is 5.50. The van der Waals surface area contributed by atoms with Crippen LogP contribution in [0.2, 0.25) is 0 Å². The number of piperazine rings is 1. The largest absolute Gasteiger partial charge is 0.494 e. The summed E-state index contributed by atoms with van der Waals surface area (Å²) < 4.78 is 31.5. The molecule has 8 heteroatoms. The van der Waals surface area contributed by atoms with E-state index in [0.717, 1.165) is 10.6 Å². The van der Waals surface area contributed by atoms with Gasteiger partial charge in [0.1, 0.15) is 12.3 Å². The summed E-state index contributed by atoms with van der Waals surface area (Å²) in [7, 11) is -3.63. The Morgan fingerprint density at radius 1 is 1.06 bits per heavy atom. The Morgan fingerprint density at radius 3 is 2.39 bits per heavy atom. The highest BCUT2D eigenvalue weighted by atomic mass is 32.2. The molecule has 0 unspecified atom stereocenters. The third-order valence-electron chi connectivity index (χ3n) is 5.64. The topological polar surface area (TPSA) is 70.2 Å². The van der Waals surface area contributed by atoms with Crippen LogP contribution in [0.15, 0.2) is 42.5 Å². The van der Waals surface area contributed by atoms with Gasteiger partial charge in [-0.15, -0.1) is 0 Å². The second-order valence-electron chi connectivity index (χ2n) is 7.79. The number of ether oxygens (including phenoxy) is 1. The van der Waals surface area contributed by atoms with Crippen molar-refractivity contribution in [2.24, 2.45) is 0 Å². The lowest BCUT2D eigenvalue weighted by atomic mass is 10.1. The molecule has 0 radical (unpaired) electrons. The van der Waals surface area contributed by atoms with Crippen LogP contribution >= 0.6 is 0 Å². The predicted octanol–water partition coefficient (Wildman–Crippen LogP) is 2.82. The smallest absolute Gasteiger partial charge is 0.243 e. The Labute approximate surface area is 185 Å². The zero-order valence-electron chi connectivity index (χ0n) is 18.7. The molecule has 2 aromatic carbocycles. The number of hydrogen-bond acceptors (Lipinski definition) is 5. The van der Waals surface area contributed by atoms with Crippen molar-refractivity contribution >= 4 is 27.3 Å². The fourth-order valence-corrected chi connectivity index (χ4v) is 4.63. The minimum absolute atomic E-state index is 0.201. The molecule has 31 heavy (non-hydrogen) atoms. The molecule has 0 N–H and O–H groups in total. The van der Waals surface area contributed by atoms with E-state index in [9.17, 15) is 13.2 Å². The predicted molar refractivity (Wildman–Crippen MR) is 125 cm³/mol. The van der Waals surface area contributed by atoms with Gasteiger partial charge in [-0.3, -0.25) is 9.10 Å². The van der Waals surface area contributed by atoms with Crippen LogP contribution < -0.4 is 13.9 Å². The first-order valence-electron chi connectivity index (χ1n) is 10.5. The van der Waals surface area contributed by atoms with Gasteiger partial charge >= 0.3 is 0 Å². The van der Waals surface area contributed by atoms with Gasteiger partial charge in [0.25, 0.3) is 0 Å². The van der Waals surface area contributed by atoms with E-state index in [1.807, 2.05) is 6.92 Å². The van der Waals surface area contributed by atoms with Gasteiger partial charge in [0, 0.05) is 37.9 Å². The van der Waals surface area contributed by atoms with Crippen LogP contribution in [-0.4, -0.2) is 64.8 Å². The summed E-state index contributed by atoms with van der Waals surface area (Å²) in [6, 6.07) is 13.1. The molecule has 1 aliphatic rings. The van der Waals surface area contributed by atoms with Crippen LogP contribution in [-0.2, 0) is 14.8 Å². The average Bonchev–Trinajstić information content (AvgIpc) is 2.73. The van der Waals surface area contributed by atoms with Crippen molar-refractivity contribution in [3.63, 3.8) is 0 Å². The second-order valence-corrected chi connectivity index (χ2v) is 9.69. The number of sulfonamides is 1. The number of nitrogens with zero attached hydrogens (tertiary/aromatic N) is 3. The summed E-state index contributed by atoms with van der Waals surface area (Å²) in [5, 5.41) is 0. The number of anilines is 2. The van der Waals surface area contributed by atoms with Gasteiger partial charge in [-0.25, -0.2) is 8.42 Å². The van der Waals surface area contributed by atoms with Crippen molar-refractivity contribution in [1.82, 2.24) is 4.90 Å². The monoisotopic (exact) mass is 445 g/mol. The highest BCUT2D eigenvalue weighted by molar-refractivity contribution is 7.92. The first-order valence-corrected chi connectivity index (χ1v) is 12.3. The summed E-state index contributed by atoms with van der Waals surface area (Å²) in [4.78, 5) is 17.0. The number of aryl methyl sites for hydroxylation is 1. The molecule has 0 aliphatic carbocycles. The van der Waals surface area contributed by atoms with E-state index >= 15 is 0 Å². The first kappa shape index (κ1) is 22.9. The Morgan fingerprint density at radius 2 is 1.74 bits per heavy atom. The molecule has 1 fully saturated rings. The van der Waals surface area contributed by atoms with Crippen molar-refractivity contribution in [3.8, 4) is 5.75 Å². The number of hydrogen-bond donors (Lipinski definition) is 0. The third-order valence-corrected chi connectivity index (χ3v) is 6.79. The van der Waals surface area contributed by atoms with Gasteiger partial charge in [-0.1, -0.05) is 18.2 Å². The second kappa shape index (κ2) is 9.60. The van der Waals surface area contributed by atoms with Gasteiger partial charge < -0.3 is 14.5 Å². The van der Waals surface area contributed by atoms with E-state index < -0.39 is 10.0 Å². The highest BCUT2D eigenvalue weighted by Gasteiger charge is 2.27. The Hall–Kier alpha value is -2.74. The molecule has 0 aromatic heterocycles. The first-order chi connectivity index (χ1) is 14.7. The van der Waals surface area contributed by atoms with E-state index in [2.05, 4.69) is 36.9 Å². The van der Waals surface area contributed by atoms with Gasteiger partial charge in [-0.05, 0) is 50.1 Å². The summed E-state index contributed by atoms with van der Waals surface area (Å²) in [6.45, 7) is 8.88. The van der Waals surface area contributed by atoms with Crippen LogP contribution in [0.4, 0.5) is 11.4 Å².